The lowest BCUT2D eigenvalue weighted by Crippen LogP contribution is -1.95. The summed E-state index contributed by atoms with van der Waals surface area (Å²) in [7, 11) is 0. The number of nitrogens with zero attached hydrogens (tertiary/aromatic N) is 3. The Balaban J connectivity index is 2.33. The maximum atomic E-state index is 9.60. The number of hydrogen-bond acceptors (Lipinski definition) is 3. The molecule has 110 valence electrons. The fourth-order valence-corrected chi connectivity index (χ4v) is 3.05. The fourth-order valence-electron chi connectivity index (χ4n) is 2.51. The molecule has 0 radical (unpaired) electrons. The molecule has 3 aromatic rings. The Labute approximate surface area is 137 Å². The Morgan fingerprint density at radius 1 is 1.36 bits per heavy atom. The van der Waals surface area contributed by atoms with Gasteiger partial charge in [0.25, 0.3) is 0 Å². The van der Waals surface area contributed by atoms with Crippen molar-refractivity contribution in [3.8, 4) is 23.1 Å². The van der Waals surface area contributed by atoms with Crippen LogP contribution < -0.4 is 4.74 Å². The lowest BCUT2D eigenvalue weighted by atomic mass is 10.1. The monoisotopic (exact) mass is 355 g/mol. The lowest BCUT2D eigenvalue weighted by Gasteiger charge is -2.08. The fraction of sp³-hybridized carbons (Fsp3) is 0.176. The molecule has 0 aliphatic heterocycles. The number of para-hydroxylation sites is 1. The Kier molecular flexibility index (Phi) is 3.86. The molecular formula is C17H14BrN3O. The highest BCUT2D eigenvalue weighted by Crippen LogP contribution is 2.33. The number of hydrogen-bond donors (Lipinski definition) is 0. The van der Waals surface area contributed by atoms with E-state index in [-0.39, 0.29) is 0 Å². The Morgan fingerprint density at radius 3 is 2.86 bits per heavy atom. The number of pyridine rings is 1. The van der Waals surface area contributed by atoms with Crippen LogP contribution in [0.15, 0.2) is 41.0 Å². The molecule has 0 aliphatic carbocycles. The van der Waals surface area contributed by atoms with E-state index in [1.807, 2.05) is 54.8 Å². The average molecular weight is 356 g/mol. The van der Waals surface area contributed by atoms with E-state index in [4.69, 9.17) is 4.74 Å². The highest BCUT2D eigenvalue weighted by Gasteiger charge is 2.18. The number of aromatic nitrogens is 2. The SMILES string of the molecule is CCOc1ccccc1-c1nc2c(C)cc(Br)cn2c1C#N. The van der Waals surface area contributed by atoms with Gasteiger partial charge in [0.2, 0.25) is 0 Å². The third kappa shape index (κ3) is 2.36. The van der Waals surface area contributed by atoms with Crippen molar-refractivity contribution in [1.29, 1.82) is 5.26 Å². The van der Waals surface area contributed by atoms with Crippen molar-refractivity contribution in [1.82, 2.24) is 9.38 Å². The zero-order valence-electron chi connectivity index (χ0n) is 12.3. The zero-order chi connectivity index (χ0) is 15.7. The molecule has 2 aromatic heterocycles. The summed E-state index contributed by atoms with van der Waals surface area (Å²) in [6.07, 6.45) is 1.86. The summed E-state index contributed by atoms with van der Waals surface area (Å²) in [6, 6.07) is 11.9. The molecule has 3 rings (SSSR count). The summed E-state index contributed by atoms with van der Waals surface area (Å²) in [4.78, 5) is 4.68. The number of aryl methyl sites for hydroxylation is 1. The van der Waals surface area contributed by atoms with E-state index in [2.05, 4.69) is 27.0 Å². The smallest absolute Gasteiger partial charge is 0.152 e. The standard InChI is InChI=1S/C17H14BrN3O/c1-3-22-15-7-5-4-6-13(15)16-14(9-19)21-10-12(18)8-11(2)17(21)20-16/h4-8,10H,3H2,1-2H3. The molecule has 22 heavy (non-hydrogen) atoms. The molecule has 0 N–H and O–H groups in total. The second-order valence-electron chi connectivity index (χ2n) is 4.88. The first-order valence-electron chi connectivity index (χ1n) is 6.96. The van der Waals surface area contributed by atoms with Gasteiger partial charge in [-0.05, 0) is 53.5 Å². The molecule has 0 unspecified atom stereocenters. The summed E-state index contributed by atoms with van der Waals surface area (Å²) in [5.41, 5.74) is 3.77. The minimum absolute atomic E-state index is 0.506. The number of imidazole rings is 1. The van der Waals surface area contributed by atoms with Gasteiger partial charge in [0, 0.05) is 16.2 Å². The van der Waals surface area contributed by atoms with Crippen molar-refractivity contribution in [2.45, 2.75) is 13.8 Å². The minimum atomic E-state index is 0.506. The van der Waals surface area contributed by atoms with Gasteiger partial charge in [-0.1, -0.05) is 12.1 Å². The molecule has 4 nitrogen and oxygen atoms in total. The summed E-state index contributed by atoms with van der Waals surface area (Å²) >= 11 is 3.47. The zero-order valence-corrected chi connectivity index (χ0v) is 13.9. The number of ether oxygens (including phenoxy) is 1. The largest absolute Gasteiger partial charge is 0.493 e. The number of fused-ring (bicyclic) bond motifs is 1. The highest BCUT2D eigenvalue weighted by molar-refractivity contribution is 9.10. The summed E-state index contributed by atoms with van der Waals surface area (Å²) in [5, 5.41) is 9.60. The molecule has 0 saturated carbocycles. The van der Waals surface area contributed by atoms with E-state index in [1.165, 1.54) is 0 Å². The van der Waals surface area contributed by atoms with Gasteiger partial charge in [0.1, 0.15) is 23.2 Å². The van der Waals surface area contributed by atoms with Crippen LogP contribution in [-0.2, 0) is 0 Å². The van der Waals surface area contributed by atoms with Gasteiger partial charge in [-0.2, -0.15) is 5.26 Å². The first kappa shape index (κ1) is 14.6. The molecule has 0 amide bonds. The Hall–Kier alpha value is -2.32. The van der Waals surface area contributed by atoms with Crippen molar-refractivity contribution in [2.24, 2.45) is 0 Å². The minimum Gasteiger partial charge on any atom is -0.493 e. The molecule has 5 heteroatoms. The summed E-state index contributed by atoms with van der Waals surface area (Å²) in [6.45, 7) is 4.48. The number of nitriles is 1. The summed E-state index contributed by atoms with van der Waals surface area (Å²) in [5.74, 6) is 0.738. The van der Waals surface area contributed by atoms with Gasteiger partial charge >= 0.3 is 0 Å². The van der Waals surface area contributed by atoms with Crippen LogP contribution in [0.25, 0.3) is 16.9 Å². The third-order valence-corrected chi connectivity index (χ3v) is 3.85. The molecule has 1 aromatic carbocycles. The Bertz CT molecular complexity index is 893. The van der Waals surface area contributed by atoms with Crippen molar-refractivity contribution in [2.75, 3.05) is 6.61 Å². The lowest BCUT2D eigenvalue weighted by molar-refractivity contribution is 0.341. The molecule has 0 bridgehead atoms. The predicted molar refractivity (Wildman–Crippen MR) is 88.9 cm³/mol. The first-order chi connectivity index (χ1) is 10.7. The van der Waals surface area contributed by atoms with E-state index in [1.54, 1.807) is 0 Å². The second-order valence-corrected chi connectivity index (χ2v) is 5.80. The first-order valence-corrected chi connectivity index (χ1v) is 7.75. The maximum Gasteiger partial charge on any atom is 0.152 e. The highest BCUT2D eigenvalue weighted by atomic mass is 79.9. The van der Waals surface area contributed by atoms with Crippen molar-refractivity contribution < 1.29 is 4.74 Å². The van der Waals surface area contributed by atoms with Gasteiger partial charge in [-0.15, -0.1) is 0 Å². The van der Waals surface area contributed by atoms with Crippen LogP contribution in [-0.4, -0.2) is 16.0 Å². The number of halogens is 1. The maximum absolute atomic E-state index is 9.60. The van der Waals surface area contributed by atoms with E-state index >= 15 is 0 Å². The molecule has 0 atom stereocenters. The van der Waals surface area contributed by atoms with Crippen LogP contribution in [0.2, 0.25) is 0 Å². The topological polar surface area (TPSA) is 50.3 Å². The van der Waals surface area contributed by atoms with Gasteiger partial charge in [-0.25, -0.2) is 4.98 Å². The van der Waals surface area contributed by atoms with Gasteiger partial charge in [0.15, 0.2) is 5.69 Å². The van der Waals surface area contributed by atoms with Crippen LogP contribution in [0.5, 0.6) is 5.75 Å². The number of rotatable bonds is 3. The predicted octanol–water partition coefficient (Wildman–Crippen LogP) is 4.34. The second kappa shape index (κ2) is 5.82. The van der Waals surface area contributed by atoms with Gasteiger partial charge < -0.3 is 4.74 Å². The van der Waals surface area contributed by atoms with E-state index in [9.17, 15) is 5.26 Å². The van der Waals surface area contributed by atoms with Gasteiger partial charge in [-0.3, -0.25) is 4.40 Å². The third-order valence-electron chi connectivity index (χ3n) is 3.42. The van der Waals surface area contributed by atoms with Crippen LogP contribution in [0.4, 0.5) is 0 Å². The Morgan fingerprint density at radius 2 is 2.14 bits per heavy atom. The quantitative estimate of drug-likeness (QED) is 0.701. The molecule has 0 spiro atoms. The van der Waals surface area contributed by atoms with Crippen LogP contribution in [0, 0.1) is 18.3 Å². The van der Waals surface area contributed by atoms with Crippen molar-refractivity contribution in [3.05, 3.63) is 52.3 Å². The molecule has 2 heterocycles. The summed E-state index contributed by atoms with van der Waals surface area (Å²) < 4.78 is 8.40. The van der Waals surface area contributed by atoms with Crippen molar-refractivity contribution in [3.63, 3.8) is 0 Å². The van der Waals surface area contributed by atoms with E-state index in [0.29, 0.717) is 18.0 Å². The van der Waals surface area contributed by atoms with Crippen LogP contribution >= 0.6 is 15.9 Å². The number of benzene rings is 1. The van der Waals surface area contributed by atoms with E-state index in [0.717, 1.165) is 27.0 Å². The van der Waals surface area contributed by atoms with Crippen molar-refractivity contribution >= 4 is 21.6 Å². The van der Waals surface area contributed by atoms with Crippen LogP contribution in [0.3, 0.4) is 0 Å². The molecular weight excluding hydrogens is 342 g/mol. The molecule has 0 aliphatic rings. The van der Waals surface area contributed by atoms with E-state index < -0.39 is 0 Å². The van der Waals surface area contributed by atoms with Crippen LogP contribution in [0.1, 0.15) is 18.2 Å². The van der Waals surface area contributed by atoms with Gasteiger partial charge in [0.05, 0.1) is 6.61 Å². The molecule has 0 saturated heterocycles. The molecule has 0 fully saturated rings. The average Bonchev–Trinajstić information content (AvgIpc) is 2.86. The normalized spacial score (nSPS) is 10.6.